The fourth-order valence-corrected chi connectivity index (χ4v) is 3.55. The molecule has 1 aromatic rings. The van der Waals surface area contributed by atoms with E-state index in [0.29, 0.717) is 16.6 Å². The Bertz CT molecular complexity index is 541. The van der Waals surface area contributed by atoms with Crippen molar-refractivity contribution in [1.82, 2.24) is 15.5 Å². The number of morpholine rings is 1. The Morgan fingerprint density at radius 1 is 1.26 bits per heavy atom. The highest BCUT2D eigenvalue weighted by Gasteiger charge is 2.23. The number of aliphatic imine (C=N–C) groups is 1. The van der Waals surface area contributed by atoms with Gasteiger partial charge in [0.25, 0.3) is 0 Å². The van der Waals surface area contributed by atoms with Crippen LogP contribution in [0.4, 0.5) is 0 Å². The molecule has 3 rings (SSSR count). The Balaban J connectivity index is 1.41. The van der Waals surface area contributed by atoms with Gasteiger partial charge in [0, 0.05) is 35.2 Å². The van der Waals surface area contributed by atoms with Gasteiger partial charge in [-0.15, -0.1) is 0 Å². The van der Waals surface area contributed by atoms with E-state index in [1.807, 2.05) is 18.2 Å². The van der Waals surface area contributed by atoms with Crippen LogP contribution >= 0.6 is 23.2 Å². The number of nitrogens with zero attached hydrogens (tertiary/aromatic N) is 2. The van der Waals surface area contributed by atoms with Gasteiger partial charge in [-0.25, -0.2) is 0 Å². The summed E-state index contributed by atoms with van der Waals surface area (Å²) in [6.45, 7) is 6.40. The fraction of sp³-hybridized carbons (Fsp3) is 0.562. The molecule has 0 amide bonds. The lowest BCUT2D eigenvalue weighted by molar-refractivity contribution is 0.0376. The second-order valence-electron chi connectivity index (χ2n) is 5.76. The van der Waals surface area contributed by atoms with E-state index in [9.17, 15) is 0 Å². The molecule has 2 N–H and O–H groups in total. The molecule has 0 saturated carbocycles. The molecule has 0 radical (unpaired) electrons. The average Bonchev–Trinajstić information content (AvgIpc) is 3.01. The maximum atomic E-state index is 6.26. The normalized spacial score (nSPS) is 21.8. The molecule has 23 heavy (non-hydrogen) atoms. The first-order valence-electron chi connectivity index (χ1n) is 8.03. The SMILES string of the molecule is Clc1cccc(Cl)c1C1CN=C(NCCCN2CCOCC2)N1. The second kappa shape index (κ2) is 8.20. The van der Waals surface area contributed by atoms with Crippen LogP contribution in [0.3, 0.4) is 0 Å². The van der Waals surface area contributed by atoms with Crippen molar-refractivity contribution in [3.63, 3.8) is 0 Å². The van der Waals surface area contributed by atoms with Gasteiger partial charge in [0.05, 0.1) is 25.8 Å². The molecule has 1 saturated heterocycles. The fourth-order valence-electron chi connectivity index (χ4n) is 2.89. The monoisotopic (exact) mass is 356 g/mol. The molecule has 5 nitrogen and oxygen atoms in total. The largest absolute Gasteiger partial charge is 0.379 e. The van der Waals surface area contributed by atoms with E-state index >= 15 is 0 Å². The molecule has 0 spiro atoms. The predicted molar refractivity (Wildman–Crippen MR) is 94.5 cm³/mol. The van der Waals surface area contributed by atoms with Crippen molar-refractivity contribution < 1.29 is 4.74 Å². The summed E-state index contributed by atoms with van der Waals surface area (Å²) in [7, 11) is 0. The maximum Gasteiger partial charge on any atom is 0.191 e. The van der Waals surface area contributed by atoms with Gasteiger partial charge in [-0.1, -0.05) is 29.3 Å². The van der Waals surface area contributed by atoms with E-state index in [-0.39, 0.29) is 6.04 Å². The molecule has 1 unspecified atom stereocenters. The van der Waals surface area contributed by atoms with Gasteiger partial charge in [0.1, 0.15) is 0 Å². The summed E-state index contributed by atoms with van der Waals surface area (Å²) in [4.78, 5) is 6.94. The highest BCUT2D eigenvalue weighted by molar-refractivity contribution is 6.36. The molecule has 1 fully saturated rings. The molecule has 2 heterocycles. The molecule has 1 aromatic carbocycles. The molecule has 2 aliphatic heterocycles. The number of rotatable bonds is 5. The van der Waals surface area contributed by atoms with E-state index in [4.69, 9.17) is 27.9 Å². The molecule has 1 atom stereocenters. The molecular weight excluding hydrogens is 335 g/mol. The van der Waals surface area contributed by atoms with Gasteiger partial charge in [0.2, 0.25) is 0 Å². The quantitative estimate of drug-likeness (QED) is 0.794. The zero-order valence-corrected chi connectivity index (χ0v) is 14.5. The molecule has 2 aliphatic rings. The Labute approximate surface area is 147 Å². The number of hydrogen-bond acceptors (Lipinski definition) is 5. The standard InChI is InChI=1S/C16H22Cl2N4O/c17-12-3-1-4-13(18)15(12)14-11-20-16(21-14)19-5-2-6-22-7-9-23-10-8-22/h1,3-4,14H,2,5-11H2,(H2,19,20,21). The molecule has 7 heteroatoms. The lowest BCUT2D eigenvalue weighted by Crippen LogP contribution is -2.39. The zero-order valence-electron chi connectivity index (χ0n) is 13.0. The van der Waals surface area contributed by atoms with Crippen LogP contribution in [0.1, 0.15) is 18.0 Å². The van der Waals surface area contributed by atoms with E-state index in [0.717, 1.165) is 57.3 Å². The van der Waals surface area contributed by atoms with Crippen LogP contribution < -0.4 is 10.6 Å². The van der Waals surface area contributed by atoms with E-state index in [2.05, 4.69) is 20.5 Å². The van der Waals surface area contributed by atoms with Crippen LogP contribution in [0.5, 0.6) is 0 Å². The van der Waals surface area contributed by atoms with Crippen LogP contribution in [0.25, 0.3) is 0 Å². The van der Waals surface area contributed by atoms with Crippen molar-refractivity contribution in [3.05, 3.63) is 33.8 Å². The number of guanidine groups is 1. The molecular formula is C16H22Cl2N4O. The predicted octanol–water partition coefficient (Wildman–Crippen LogP) is 2.31. The number of nitrogens with one attached hydrogen (secondary N) is 2. The van der Waals surface area contributed by atoms with Crippen molar-refractivity contribution in [3.8, 4) is 0 Å². The van der Waals surface area contributed by atoms with E-state index in [1.165, 1.54) is 0 Å². The summed E-state index contributed by atoms with van der Waals surface area (Å²) >= 11 is 12.5. The lowest BCUT2D eigenvalue weighted by atomic mass is 10.1. The highest BCUT2D eigenvalue weighted by Crippen LogP contribution is 2.31. The molecule has 0 aliphatic carbocycles. The summed E-state index contributed by atoms with van der Waals surface area (Å²) in [5, 5.41) is 8.08. The summed E-state index contributed by atoms with van der Waals surface area (Å²) < 4.78 is 5.35. The maximum absolute atomic E-state index is 6.26. The third-order valence-corrected chi connectivity index (χ3v) is 4.80. The van der Waals surface area contributed by atoms with Crippen molar-refractivity contribution in [1.29, 1.82) is 0 Å². The number of benzene rings is 1. The van der Waals surface area contributed by atoms with Crippen LogP contribution in [0, 0.1) is 0 Å². The summed E-state index contributed by atoms with van der Waals surface area (Å²) in [6.07, 6.45) is 1.08. The Hall–Kier alpha value is -1.01. The molecule has 126 valence electrons. The van der Waals surface area contributed by atoms with Crippen LogP contribution in [-0.4, -0.2) is 56.8 Å². The van der Waals surface area contributed by atoms with Gasteiger partial charge < -0.3 is 15.4 Å². The van der Waals surface area contributed by atoms with Gasteiger partial charge in [0.15, 0.2) is 5.96 Å². The Morgan fingerprint density at radius 3 is 2.74 bits per heavy atom. The van der Waals surface area contributed by atoms with Crippen LogP contribution in [0.2, 0.25) is 10.0 Å². The smallest absolute Gasteiger partial charge is 0.191 e. The number of ether oxygens (including phenoxy) is 1. The molecule has 0 aromatic heterocycles. The van der Waals surface area contributed by atoms with Crippen LogP contribution in [-0.2, 0) is 4.74 Å². The Kier molecular flexibility index (Phi) is 6.00. The third kappa shape index (κ3) is 4.51. The average molecular weight is 357 g/mol. The summed E-state index contributed by atoms with van der Waals surface area (Å²) in [6, 6.07) is 5.61. The number of halogens is 2. The van der Waals surface area contributed by atoms with Crippen LogP contribution in [0.15, 0.2) is 23.2 Å². The van der Waals surface area contributed by atoms with Gasteiger partial charge in [-0.05, 0) is 25.1 Å². The minimum absolute atomic E-state index is 0.0398. The van der Waals surface area contributed by atoms with Gasteiger partial charge >= 0.3 is 0 Å². The minimum Gasteiger partial charge on any atom is -0.379 e. The van der Waals surface area contributed by atoms with Gasteiger partial charge in [-0.3, -0.25) is 9.89 Å². The van der Waals surface area contributed by atoms with E-state index < -0.39 is 0 Å². The number of hydrogen-bond donors (Lipinski definition) is 2. The van der Waals surface area contributed by atoms with Gasteiger partial charge in [-0.2, -0.15) is 0 Å². The first-order valence-corrected chi connectivity index (χ1v) is 8.78. The lowest BCUT2D eigenvalue weighted by Gasteiger charge is -2.26. The highest BCUT2D eigenvalue weighted by atomic mass is 35.5. The molecule has 0 bridgehead atoms. The zero-order chi connectivity index (χ0) is 16.1. The first-order chi connectivity index (χ1) is 11.2. The Morgan fingerprint density at radius 2 is 2.00 bits per heavy atom. The topological polar surface area (TPSA) is 48.9 Å². The summed E-state index contributed by atoms with van der Waals surface area (Å²) in [5.41, 5.74) is 0.921. The third-order valence-electron chi connectivity index (χ3n) is 4.14. The van der Waals surface area contributed by atoms with Crippen molar-refractivity contribution in [2.24, 2.45) is 4.99 Å². The van der Waals surface area contributed by atoms with E-state index in [1.54, 1.807) is 0 Å². The second-order valence-corrected chi connectivity index (χ2v) is 6.57. The summed E-state index contributed by atoms with van der Waals surface area (Å²) in [5.74, 6) is 0.827. The van der Waals surface area contributed by atoms with Crippen molar-refractivity contribution in [2.75, 3.05) is 45.9 Å². The van der Waals surface area contributed by atoms with Crippen molar-refractivity contribution in [2.45, 2.75) is 12.5 Å². The first kappa shape index (κ1) is 16.8. The minimum atomic E-state index is 0.0398. The van der Waals surface area contributed by atoms with Crippen molar-refractivity contribution >= 4 is 29.2 Å².